The molecular formula is C17H19NO4. The largest absolute Gasteiger partial charge is 0.507 e. The summed E-state index contributed by atoms with van der Waals surface area (Å²) in [5.74, 6) is 0.801. The van der Waals surface area contributed by atoms with Gasteiger partial charge in [-0.15, -0.1) is 0 Å². The Labute approximate surface area is 129 Å². The number of carbonyl (C=O) groups excluding carboxylic acids is 1. The van der Waals surface area contributed by atoms with Crippen LogP contribution in [0, 0.1) is 0 Å². The van der Waals surface area contributed by atoms with Crippen LogP contribution < -0.4 is 14.8 Å². The molecule has 0 spiro atoms. The molecule has 0 radical (unpaired) electrons. The molecule has 1 amide bonds. The van der Waals surface area contributed by atoms with Crippen molar-refractivity contribution in [3.05, 3.63) is 53.6 Å². The van der Waals surface area contributed by atoms with E-state index in [1.54, 1.807) is 13.2 Å². The summed E-state index contributed by atoms with van der Waals surface area (Å²) in [5.41, 5.74) is 1.16. The number of hydrogen-bond donors (Lipinski definition) is 2. The highest BCUT2D eigenvalue weighted by atomic mass is 16.5. The van der Waals surface area contributed by atoms with E-state index in [-0.39, 0.29) is 23.3 Å². The fourth-order valence-corrected chi connectivity index (χ4v) is 2.08. The van der Waals surface area contributed by atoms with Crippen LogP contribution in [0.1, 0.15) is 28.9 Å². The number of methoxy groups -OCH3 is 2. The molecular weight excluding hydrogens is 282 g/mol. The zero-order valence-electron chi connectivity index (χ0n) is 12.8. The van der Waals surface area contributed by atoms with E-state index >= 15 is 0 Å². The highest BCUT2D eigenvalue weighted by Gasteiger charge is 2.15. The van der Waals surface area contributed by atoms with Crippen LogP contribution in [0.2, 0.25) is 0 Å². The Morgan fingerprint density at radius 1 is 1.05 bits per heavy atom. The number of ether oxygens (including phenoxy) is 2. The van der Waals surface area contributed by atoms with Crippen LogP contribution in [-0.2, 0) is 0 Å². The van der Waals surface area contributed by atoms with E-state index in [1.165, 1.54) is 19.2 Å². The van der Waals surface area contributed by atoms with Crippen molar-refractivity contribution >= 4 is 5.91 Å². The summed E-state index contributed by atoms with van der Waals surface area (Å²) >= 11 is 0. The van der Waals surface area contributed by atoms with Gasteiger partial charge in [-0.1, -0.05) is 12.1 Å². The molecule has 0 saturated carbocycles. The molecule has 2 N–H and O–H groups in total. The first kappa shape index (κ1) is 15.7. The SMILES string of the molecule is COc1ccc(C(C)NC(=O)c2ccc(OC)cc2O)cc1. The van der Waals surface area contributed by atoms with Crippen molar-refractivity contribution in [1.82, 2.24) is 5.32 Å². The number of phenolic OH excluding ortho intramolecular Hbond substituents is 1. The number of nitrogens with one attached hydrogen (secondary N) is 1. The minimum absolute atomic E-state index is 0.112. The van der Waals surface area contributed by atoms with Gasteiger partial charge in [0.25, 0.3) is 5.91 Å². The van der Waals surface area contributed by atoms with E-state index in [0.717, 1.165) is 11.3 Å². The second-order valence-corrected chi connectivity index (χ2v) is 4.85. The minimum Gasteiger partial charge on any atom is -0.507 e. The quantitative estimate of drug-likeness (QED) is 0.891. The Bertz CT molecular complexity index is 652. The van der Waals surface area contributed by atoms with Crippen LogP contribution in [0.25, 0.3) is 0 Å². The fourth-order valence-electron chi connectivity index (χ4n) is 2.08. The zero-order chi connectivity index (χ0) is 16.1. The third-order valence-electron chi connectivity index (χ3n) is 3.41. The van der Waals surface area contributed by atoms with Crippen LogP contribution in [0.5, 0.6) is 17.2 Å². The second kappa shape index (κ2) is 6.85. The van der Waals surface area contributed by atoms with Gasteiger partial charge in [0.2, 0.25) is 0 Å². The van der Waals surface area contributed by atoms with Crippen molar-refractivity contribution in [3.8, 4) is 17.2 Å². The standard InChI is InChI=1S/C17H19NO4/c1-11(12-4-6-13(21-2)7-5-12)18-17(20)15-9-8-14(22-3)10-16(15)19/h4-11,19H,1-3H3,(H,18,20). The Morgan fingerprint density at radius 2 is 1.64 bits per heavy atom. The summed E-state index contributed by atoms with van der Waals surface area (Å²) in [7, 11) is 3.10. The van der Waals surface area contributed by atoms with Crippen LogP contribution >= 0.6 is 0 Å². The molecule has 2 rings (SSSR count). The predicted octanol–water partition coefficient (Wildman–Crippen LogP) is 2.90. The lowest BCUT2D eigenvalue weighted by Gasteiger charge is -2.15. The van der Waals surface area contributed by atoms with Gasteiger partial charge in [-0.25, -0.2) is 0 Å². The number of rotatable bonds is 5. The average molecular weight is 301 g/mol. The molecule has 1 unspecified atom stereocenters. The number of benzene rings is 2. The Morgan fingerprint density at radius 3 is 2.18 bits per heavy atom. The number of carbonyl (C=O) groups is 1. The molecule has 2 aromatic rings. The molecule has 0 aliphatic rings. The molecule has 1 atom stereocenters. The monoisotopic (exact) mass is 301 g/mol. The first-order chi connectivity index (χ1) is 10.5. The van der Waals surface area contributed by atoms with Gasteiger partial charge in [0.15, 0.2) is 0 Å². The smallest absolute Gasteiger partial charge is 0.255 e. The molecule has 0 bridgehead atoms. The lowest BCUT2D eigenvalue weighted by molar-refractivity contribution is 0.0937. The van der Waals surface area contributed by atoms with Crippen LogP contribution in [0.15, 0.2) is 42.5 Å². The molecule has 0 fully saturated rings. The van der Waals surface area contributed by atoms with Crippen molar-refractivity contribution in [1.29, 1.82) is 0 Å². The summed E-state index contributed by atoms with van der Waals surface area (Å²) in [4.78, 5) is 12.2. The van der Waals surface area contributed by atoms with Gasteiger partial charge in [0.05, 0.1) is 25.8 Å². The normalized spacial score (nSPS) is 11.6. The fraction of sp³-hybridized carbons (Fsp3) is 0.235. The van der Waals surface area contributed by atoms with Crippen LogP contribution in [-0.4, -0.2) is 25.2 Å². The average Bonchev–Trinajstić information content (AvgIpc) is 2.54. The summed E-state index contributed by atoms with van der Waals surface area (Å²) < 4.78 is 10.1. The van der Waals surface area contributed by atoms with E-state index in [9.17, 15) is 9.90 Å². The number of amides is 1. The van der Waals surface area contributed by atoms with Gasteiger partial charge in [-0.05, 0) is 36.8 Å². The van der Waals surface area contributed by atoms with Crippen molar-refractivity contribution in [3.63, 3.8) is 0 Å². The topological polar surface area (TPSA) is 67.8 Å². The maximum atomic E-state index is 12.2. The van der Waals surface area contributed by atoms with E-state index in [4.69, 9.17) is 9.47 Å². The number of hydrogen-bond acceptors (Lipinski definition) is 4. The van der Waals surface area contributed by atoms with Crippen molar-refractivity contribution in [2.45, 2.75) is 13.0 Å². The number of phenols is 1. The van der Waals surface area contributed by atoms with Crippen molar-refractivity contribution in [2.24, 2.45) is 0 Å². The minimum atomic E-state index is -0.344. The molecule has 0 saturated heterocycles. The molecule has 0 aromatic heterocycles. The second-order valence-electron chi connectivity index (χ2n) is 4.85. The van der Waals surface area contributed by atoms with Crippen LogP contribution in [0.4, 0.5) is 0 Å². The number of aromatic hydroxyl groups is 1. The molecule has 0 heterocycles. The molecule has 0 aliphatic carbocycles. The first-order valence-electron chi connectivity index (χ1n) is 6.87. The summed E-state index contributed by atoms with van der Waals surface area (Å²) in [6, 6.07) is 11.8. The molecule has 5 nitrogen and oxygen atoms in total. The van der Waals surface area contributed by atoms with E-state index in [0.29, 0.717) is 5.75 Å². The Hall–Kier alpha value is -2.69. The lowest BCUT2D eigenvalue weighted by atomic mass is 10.1. The molecule has 2 aromatic carbocycles. The zero-order valence-corrected chi connectivity index (χ0v) is 12.8. The molecule has 5 heteroatoms. The Kier molecular flexibility index (Phi) is 4.88. The van der Waals surface area contributed by atoms with Crippen molar-refractivity contribution in [2.75, 3.05) is 14.2 Å². The van der Waals surface area contributed by atoms with Crippen LogP contribution in [0.3, 0.4) is 0 Å². The highest BCUT2D eigenvalue weighted by Crippen LogP contribution is 2.24. The van der Waals surface area contributed by atoms with E-state index in [2.05, 4.69) is 5.32 Å². The summed E-state index contributed by atoms with van der Waals surface area (Å²) in [6.45, 7) is 1.88. The first-order valence-corrected chi connectivity index (χ1v) is 6.87. The highest BCUT2D eigenvalue weighted by molar-refractivity contribution is 5.97. The van der Waals surface area contributed by atoms with Crippen molar-refractivity contribution < 1.29 is 19.4 Å². The third kappa shape index (κ3) is 3.49. The summed E-state index contributed by atoms with van der Waals surface area (Å²) in [6.07, 6.45) is 0. The van der Waals surface area contributed by atoms with Gasteiger partial charge in [0, 0.05) is 6.07 Å². The molecule has 116 valence electrons. The van der Waals surface area contributed by atoms with Gasteiger partial charge in [0.1, 0.15) is 17.2 Å². The van der Waals surface area contributed by atoms with E-state index in [1.807, 2.05) is 31.2 Å². The third-order valence-corrected chi connectivity index (χ3v) is 3.41. The maximum absolute atomic E-state index is 12.2. The maximum Gasteiger partial charge on any atom is 0.255 e. The van der Waals surface area contributed by atoms with E-state index < -0.39 is 0 Å². The molecule has 22 heavy (non-hydrogen) atoms. The lowest BCUT2D eigenvalue weighted by Crippen LogP contribution is -2.26. The predicted molar refractivity (Wildman–Crippen MR) is 83.5 cm³/mol. The molecule has 0 aliphatic heterocycles. The van der Waals surface area contributed by atoms with Gasteiger partial charge in [-0.2, -0.15) is 0 Å². The van der Waals surface area contributed by atoms with Gasteiger partial charge < -0.3 is 19.9 Å². The van der Waals surface area contributed by atoms with Gasteiger partial charge >= 0.3 is 0 Å². The summed E-state index contributed by atoms with van der Waals surface area (Å²) in [5, 5.41) is 12.7. The Balaban J connectivity index is 2.10. The van der Waals surface area contributed by atoms with Gasteiger partial charge in [-0.3, -0.25) is 4.79 Å².